The summed E-state index contributed by atoms with van der Waals surface area (Å²) in [7, 11) is -3.85. The molecule has 0 spiro atoms. The van der Waals surface area contributed by atoms with Crippen molar-refractivity contribution < 1.29 is 17.4 Å². The monoisotopic (exact) mass is 332 g/mol. The molecule has 0 aliphatic rings. The topological polar surface area (TPSA) is 60.4 Å². The van der Waals surface area contributed by atoms with Crippen LogP contribution in [0.25, 0.3) is 0 Å². The van der Waals surface area contributed by atoms with Gasteiger partial charge in [0.25, 0.3) is 10.1 Å². The number of rotatable bonds is 7. The molecule has 122 valence electrons. The van der Waals surface area contributed by atoms with Crippen LogP contribution in [-0.4, -0.2) is 20.8 Å². The molecule has 0 aliphatic carbocycles. The zero-order chi connectivity index (χ0) is 16.9. The lowest BCUT2D eigenvalue weighted by Crippen LogP contribution is -2.22. The first-order valence-corrected chi connectivity index (χ1v) is 8.90. The average Bonchev–Trinajstić information content (AvgIpc) is 2.56. The molecular formula is C18H20O4S. The van der Waals surface area contributed by atoms with E-state index in [2.05, 4.69) is 0 Å². The van der Waals surface area contributed by atoms with Crippen molar-refractivity contribution in [2.45, 2.75) is 25.2 Å². The van der Waals surface area contributed by atoms with Crippen molar-refractivity contribution in [3.05, 3.63) is 65.7 Å². The van der Waals surface area contributed by atoms with Gasteiger partial charge in [0.1, 0.15) is 0 Å². The second-order valence-corrected chi connectivity index (χ2v) is 7.00. The standard InChI is InChI=1S/C18H20O4S/c1-3-15(18(19)16-7-5-4-6-8-16)13-22-23(20,21)17-11-9-14(2)10-12-17/h4-12,15H,3,13H2,1-2H3. The Hall–Kier alpha value is -1.98. The summed E-state index contributed by atoms with van der Waals surface area (Å²) in [5, 5.41) is 0. The summed E-state index contributed by atoms with van der Waals surface area (Å²) in [6, 6.07) is 15.3. The van der Waals surface area contributed by atoms with Crippen LogP contribution in [0.2, 0.25) is 0 Å². The van der Waals surface area contributed by atoms with Gasteiger partial charge in [0.2, 0.25) is 0 Å². The molecule has 5 heteroatoms. The van der Waals surface area contributed by atoms with Gasteiger partial charge in [0.15, 0.2) is 5.78 Å². The van der Waals surface area contributed by atoms with Crippen LogP contribution in [0.15, 0.2) is 59.5 Å². The van der Waals surface area contributed by atoms with E-state index in [-0.39, 0.29) is 17.3 Å². The Morgan fingerprint density at radius 1 is 1.04 bits per heavy atom. The minimum atomic E-state index is -3.85. The van der Waals surface area contributed by atoms with Crippen molar-refractivity contribution >= 4 is 15.9 Å². The number of benzene rings is 2. The Bertz CT molecular complexity index is 749. The molecule has 2 aromatic carbocycles. The van der Waals surface area contributed by atoms with Gasteiger partial charge < -0.3 is 0 Å². The number of hydrogen-bond acceptors (Lipinski definition) is 4. The lowest BCUT2D eigenvalue weighted by atomic mass is 9.96. The molecule has 0 fully saturated rings. The summed E-state index contributed by atoms with van der Waals surface area (Å²) in [5.41, 5.74) is 1.53. The first-order chi connectivity index (χ1) is 10.9. The molecule has 0 saturated heterocycles. The van der Waals surface area contributed by atoms with Crippen LogP contribution in [0.3, 0.4) is 0 Å². The van der Waals surface area contributed by atoms with Gasteiger partial charge in [-0.15, -0.1) is 0 Å². The quantitative estimate of drug-likeness (QED) is 0.574. The lowest BCUT2D eigenvalue weighted by molar-refractivity contribution is 0.0874. The van der Waals surface area contributed by atoms with Crippen LogP contribution in [-0.2, 0) is 14.3 Å². The molecule has 23 heavy (non-hydrogen) atoms. The number of carbonyl (C=O) groups is 1. The molecule has 0 bridgehead atoms. The summed E-state index contributed by atoms with van der Waals surface area (Å²) in [4.78, 5) is 12.5. The number of Topliss-reactive ketones (excluding diaryl/α,β-unsaturated/α-hetero) is 1. The highest BCUT2D eigenvalue weighted by Crippen LogP contribution is 2.18. The van der Waals surface area contributed by atoms with Gasteiger partial charge in [0.05, 0.1) is 11.5 Å². The molecule has 1 atom stereocenters. The third-order valence-corrected chi connectivity index (χ3v) is 4.95. The fourth-order valence-electron chi connectivity index (χ4n) is 2.16. The summed E-state index contributed by atoms with van der Waals surface area (Å²) >= 11 is 0. The van der Waals surface area contributed by atoms with Crippen molar-refractivity contribution in [3.63, 3.8) is 0 Å². The highest BCUT2D eigenvalue weighted by molar-refractivity contribution is 7.86. The summed E-state index contributed by atoms with van der Waals surface area (Å²) in [6.45, 7) is 3.57. The third-order valence-electron chi connectivity index (χ3n) is 3.66. The predicted molar refractivity (Wildman–Crippen MR) is 88.9 cm³/mol. The molecule has 1 unspecified atom stereocenters. The van der Waals surface area contributed by atoms with Gasteiger partial charge in [-0.1, -0.05) is 55.0 Å². The Kier molecular flexibility index (Phi) is 5.69. The Balaban J connectivity index is 2.08. The largest absolute Gasteiger partial charge is 0.296 e. The maximum absolute atomic E-state index is 12.4. The first-order valence-electron chi connectivity index (χ1n) is 7.49. The van der Waals surface area contributed by atoms with E-state index in [4.69, 9.17) is 4.18 Å². The Morgan fingerprint density at radius 3 is 2.22 bits per heavy atom. The van der Waals surface area contributed by atoms with Gasteiger partial charge in [-0.3, -0.25) is 8.98 Å². The lowest BCUT2D eigenvalue weighted by Gasteiger charge is -2.14. The fraction of sp³-hybridized carbons (Fsp3) is 0.278. The maximum atomic E-state index is 12.4. The minimum Gasteiger partial charge on any atom is -0.294 e. The van der Waals surface area contributed by atoms with Crippen molar-refractivity contribution in [2.24, 2.45) is 5.92 Å². The molecule has 0 N–H and O–H groups in total. The van der Waals surface area contributed by atoms with Crippen LogP contribution >= 0.6 is 0 Å². The molecular weight excluding hydrogens is 312 g/mol. The van der Waals surface area contributed by atoms with E-state index < -0.39 is 16.0 Å². The molecule has 2 aromatic rings. The Labute approximate surface area is 137 Å². The summed E-state index contributed by atoms with van der Waals surface area (Å²) in [6.07, 6.45) is 0.511. The van der Waals surface area contributed by atoms with Gasteiger partial charge in [-0.05, 0) is 25.5 Å². The highest BCUT2D eigenvalue weighted by Gasteiger charge is 2.23. The zero-order valence-electron chi connectivity index (χ0n) is 13.2. The van der Waals surface area contributed by atoms with E-state index in [1.54, 1.807) is 36.4 Å². The second kappa shape index (κ2) is 7.53. The molecule has 0 aromatic heterocycles. The number of ketones is 1. The average molecular weight is 332 g/mol. The van der Waals surface area contributed by atoms with E-state index >= 15 is 0 Å². The van der Waals surface area contributed by atoms with E-state index in [0.717, 1.165) is 5.56 Å². The van der Waals surface area contributed by atoms with Gasteiger partial charge in [-0.25, -0.2) is 0 Å². The van der Waals surface area contributed by atoms with Crippen LogP contribution in [0.1, 0.15) is 29.3 Å². The van der Waals surface area contributed by atoms with E-state index in [1.807, 2.05) is 19.9 Å². The molecule has 4 nitrogen and oxygen atoms in total. The van der Waals surface area contributed by atoms with Crippen molar-refractivity contribution in [3.8, 4) is 0 Å². The third kappa shape index (κ3) is 4.50. The SMILES string of the molecule is CCC(COS(=O)(=O)c1ccc(C)cc1)C(=O)c1ccccc1. The maximum Gasteiger partial charge on any atom is 0.296 e. The van der Waals surface area contributed by atoms with Crippen molar-refractivity contribution in [2.75, 3.05) is 6.61 Å². The summed E-state index contributed by atoms with van der Waals surface area (Å²) in [5.74, 6) is -0.593. The van der Waals surface area contributed by atoms with E-state index in [9.17, 15) is 13.2 Å². The van der Waals surface area contributed by atoms with Crippen molar-refractivity contribution in [1.29, 1.82) is 0 Å². The van der Waals surface area contributed by atoms with Crippen LogP contribution in [0.5, 0.6) is 0 Å². The van der Waals surface area contributed by atoms with E-state index in [1.165, 1.54) is 12.1 Å². The first kappa shape index (κ1) is 17.4. The summed E-state index contributed by atoms with van der Waals surface area (Å²) < 4.78 is 29.5. The smallest absolute Gasteiger partial charge is 0.294 e. The molecule has 2 rings (SSSR count). The zero-order valence-corrected chi connectivity index (χ0v) is 14.0. The second-order valence-electron chi connectivity index (χ2n) is 5.39. The number of aryl methyl sites for hydroxylation is 1. The Morgan fingerprint density at radius 2 is 1.65 bits per heavy atom. The number of hydrogen-bond donors (Lipinski definition) is 0. The van der Waals surface area contributed by atoms with Crippen LogP contribution in [0.4, 0.5) is 0 Å². The van der Waals surface area contributed by atoms with Crippen LogP contribution < -0.4 is 0 Å². The molecule has 0 saturated carbocycles. The minimum absolute atomic E-state index is 0.102. The van der Waals surface area contributed by atoms with E-state index in [0.29, 0.717) is 12.0 Å². The van der Waals surface area contributed by atoms with Crippen molar-refractivity contribution in [1.82, 2.24) is 0 Å². The van der Waals surface area contributed by atoms with Crippen LogP contribution in [0, 0.1) is 12.8 Å². The van der Waals surface area contributed by atoms with Gasteiger partial charge in [0, 0.05) is 11.5 Å². The molecule has 0 heterocycles. The normalized spacial score (nSPS) is 12.8. The van der Waals surface area contributed by atoms with Gasteiger partial charge in [-0.2, -0.15) is 8.42 Å². The molecule has 0 radical (unpaired) electrons. The molecule has 0 aliphatic heterocycles. The molecule has 0 amide bonds. The highest BCUT2D eigenvalue weighted by atomic mass is 32.2. The predicted octanol–water partition coefficient (Wildman–Crippen LogP) is 3.61. The number of carbonyl (C=O) groups excluding carboxylic acids is 1. The van der Waals surface area contributed by atoms with Gasteiger partial charge >= 0.3 is 0 Å². The fourth-order valence-corrected chi connectivity index (χ4v) is 3.11.